The number of rotatable bonds is 2. The summed E-state index contributed by atoms with van der Waals surface area (Å²) in [5.41, 5.74) is -0.447. The van der Waals surface area contributed by atoms with Gasteiger partial charge in [0.2, 0.25) is 0 Å². The summed E-state index contributed by atoms with van der Waals surface area (Å²) in [7, 11) is 0. The van der Waals surface area contributed by atoms with Gasteiger partial charge in [0.1, 0.15) is 5.69 Å². The number of aryl methyl sites for hydroxylation is 1. The predicted molar refractivity (Wildman–Crippen MR) is 53.3 cm³/mol. The van der Waals surface area contributed by atoms with Gasteiger partial charge in [0.25, 0.3) is 6.43 Å². The molecule has 7 heteroatoms. The molecule has 0 spiro atoms. The van der Waals surface area contributed by atoms with E-state index < -0.39 is 17.0 Å². The van der Waals surface area contributed by atoms with Gasteiger partial charge in [-0.15, -0.1) is 0 Å². The Labute approximate surface area is 91.6 Å². The molecule has 0 unspecified atom stereocenters. The first-order chi connectivity index (χ1) is 6.43. The minimum Gasteiger partial charge on any atom is -0.258 e. The Morgan fingerprint density at radius 3 is 2.57 bits per heavy atom. The summed E-state index contributed by atoms with van der Waals surface area (Å²) in [6.45, 7) is 1.41. The number of halogens is 3. The molecule has 4 nitrogen and oxygen atoms in total. The number of alkyl halides is 2. The molecule has 0 amide bonds. The minimum atomic E-state index is -2.71. The molecular weight excluding hydrogens is 309 g/mol. The Bertz CT molecular complexity index is 361. The molecule has 0 saturated heterocycles. The van der Waals surface area contributed by atoms with Crippen LogP contribution in [0.5, 0.6) is 0 Å². The van der Waals surface area contributed by atoms with Gasteiger partial charge in [-0.2, -0.15) is 0 Å². The lowest BCUT2D eigenvalue weighted by molar-refractivity contribution is -0.386. The van der Waals surface area contributed by atoms with E-state index in [1.807, 2.05) is 0 Å². The number of nitrogens with zero attached hydrogens (tertiary/aromatic N) is 2. The van der Waals surface area contributed by atoms with Crippen molar-refractivity contribution in [2.75, 3.05) is 0 Å². The van der Waals surface area contributed by atoms with Crippen LogP contribution in [0.2, 0.25) is 0 Å². The summed E-state index contributed by atoms with van der Waals surface area (Å²) >= 11 is 1.57. The van der Waals surface area contributed by atoms with E-state index in [4.69, 9.17) is 0 Å². The number of nitro groups is 1. The molecule has 0 aliphatic heterocycles. The third-order valence-electron chi connectivity index (χ3n) is 1.57. The fraction of sp³-hybridized carbons (Fsp3) is 0.286. The van der Waals surface area contributed by atoms with E-state index in [1.165, 1.54) is 6.92 Å². The van der Waals surface area contributed by atoms with E-state index in [0.717, 1.165) is 6.07 Å². The van der Waals surface area contributed by atoms with E-state index in [1.54, 1.807) is 22.6 Å². The maximum Gasteiger partial charge on any atom is 0.303 e. The minimum absolute atomic E-state index is 0.0112. The lowest BCUT2D eigenvalue weighted by atomic mass is 10.2. The highest BCUT2D eigenvalue weighted by molar-refractivity contribution is 14.1. The Kier molecular flexibility index (Phi) is 3.29. The molecule has 1 aromatic heterocycles. The zero-order valence-corrected chi connectivity index (χ0v) is 9.16. The molecule has 0 aliphatic rings. The van der Waals surface area contributed by atoms with Crippen molar-refractivity contribution in [3.05, 3.63) is 31.1 Å². The van der Waals surface area contributed by atoms with E-state index >= 15 is 0 Å². The second-order valence-corrected chi connectivity index (χ2v) is 3.58. The summed E-state index contributed by atoms with van der Waals surface area (Å²) in [6, 6.07) is 1.03. The molecule has 1 heterocycles. The molecule has 0 bridgehead atoms. The fourth-order valence-corrected chi connectivity index (χ4v) is 1.88. The van der Waals surface area contributed by atoms with Crippen LogP contribution in [-0.2, 0) is 0 Å². The highest BCUT2D eigenvalue weighted by Gasteiger charge is 2.21. The third-order valence-corrected chi connectivity index (χ3v) is 2.32. The van der Waals surface area contributed by atoms with Crippen LogP contribution in [0.25, 0.3) is 0 Å². The van der Waals surface area contributed by atoms with Gasteiger partial charge < -0.3 is 0 Å². The topological polar surface area (TPSA) is 56.0 Å². The standard InChI is InChI=1S/C7H5F2IN2O2/c1-3-2-4(6(8)9)11-7(10)5(3)12(13)14/h2,6H,1H3. The first-order valence-corrected chi connectivity index (χ1v) is 4.61. The molecule has 0 aromatic carbocycles. The Morgan fingerprint density at radius 2 is 2.21 bits per heavy atom. The van der Waals surface area contributed by atoms with E-state index in [0.29, 0.717) is 0 Å². The quantitative estimate of drug-likeness (QED) is 0.365. The molecule has 1 aromatic rings. The van der Waals surface area contributed by atoms with Crippen molar-refractivity contribution in [1.82, 2.24) is 4.98 Å². The molecule has 0 aliphatic carbocycles. The van der Waals surface area contributed by atoms with Gasteiger partial charge in [-0.25, -0.2) is 13.8 Å². The summed E-state index contributed by atoms with van der Waals surface area (Å²) < 4.78 is 24.4. The summed E-state index contributed by atoms with van der Waals surface area (Å²) in [6.07, 6.45) is -2.71. The molecule has 76 valence electrons. The molecule has 0 saturated carbocycles. The monoisotopic (exact) mass is 314 g/mol. The van der Waals surface area contributed by atoms with Crippen LogP contribution >= 0.6 is 22.6 Å². The Balaban J connectivity index is 3.32. The van der Waals surface area contributed by atoms with Crippen LogP contribution in [0.4, 0.5) is 14.5 Å². The van der Waals surface area contributed by atoms with E-state index in [-0.39, 0.29) is 15.0 Å². The smallest absolute Gasteiger partial charge is 0.258 e. The fourth-order valence-electron chi connectivity index (χ4n) is 0.983. The number of hydrogen-bond donors (Lipinski definition) is 0. The van der Waals surface area contributed by atoms with Gasteiger partial charge in [0, 0.05) is 5.56 Å². The molecule has 0 fully saturated rings. The van der Waals surface area contributed by atoms with Gasteiger partial charge in [0.15, 0.2) is 3.70 Å². The summed E-state index contributed by atoms with van der Waals surface area (Å²) in [5, 5.41) is 10.5. The number of pyridine rings is 1. The van der Waals surface area contributed by atoms with E-state index in [2.05, 4.69) is 4.98 Å². The second-order valence-electron chi connectivity index (χ2n) is 2.56. The van der Waals surface area contributed by atoms with Crippen molar-refractivity contribution in [3.8, 4) is 0 Å². The highest BCUT2D eigenvalue weighted by Crippen LogP contribution is 2.27. The van der Waals surface area contributed by atoms with Crippen molar-refractivity contribution in [1.29, 1.82) is 0 Å². The van der Waals surface area contributed by atoms with Crippen molar-refractivity contribution < 1.29 is 13.7 Å². The van der Waals surface area contributed by atoms with Crippen molar-refractivity contribution in [3.63, 3.8) is 0 Å². The van der Waals surface area contributed by atoms with Crippen LogP contribution in [0.15, 0.2) is 6.07 Å². The van der Waals surface area contributed by atoms with E-state index in [9.17, 15) is 18.9 Å². The van der Waals surface area contributed by atoms with Gasteiger partial charge in [0.05, 0.1) is 4.92 Å². The first-order valence-electron chi connectivity index (χ1n) is 3.53. The van der Waals surface area contributed by atoms with Crippen LogP contribution in [0.3, 0.4) is 0 Å². The molecule has 1 rings (SSSR count). The van der Waals surface area contributed by atoms with Gasteiger partial charge in [-0.1, -0.05) is 0 Å². The normalized spacial score (nSPS) is 10.6. The van der Waals surface area contributed by atoms with Crippen molar-refractivity contribution in [2.24, 2.45) is 0 Å². The Morgan fingerprint density at radius 1 is 1.64 bits per heavy atom. The highest BCUT2D eigenvalue weighted by atomic mass is 127. The van der Waals surface area contributed by atoms with Crippen molar-refractivity contribution in [2.45, 2.75) is 13.3 Å². The molecule has 14 heavy (non-hydrogen) atoms. The number of hydrogen-bond acceptors (Lipinski definition) is 3. The molecule has 0 atom stereocenters. The maximum absolute atomic E-state index is 12.2. The lowest BCUT2D eigenvalue weighted by Crippen LogP contribution is -2.01. The van der Waals surface area contributed by atoms with Crippen LogP contribution in [-0.4, -0.2) is 9.91 Å². The zero-order chi connectivity index (χ0) is 10.9. The molecule has 0 N–H and O–H groups in total. The lowest BCUT2D eigenvalue weighted by Gasteiger charge is -2.03. The maximum atomic E-state index is 12.2. The Hall–Kier alpha value is -0.860. The van der Waals surface area contributed by atoms with Gasteiger partial charge >= 0.3 is 5.69 Å². The summed E-state index contributed by atoms with van der Waals surface area (Å²) in [5.74, 6) is 0. The van der Waals surface area contributed by atoms with Gasteiger partial charge in [-0.3, -0.25) is 10.1 Å². The largest absolute Gasteiger partial charge is 0.303 e. The SMILES string of the molecule is Cc1cc(C(F)F)nc(I)c1[N+](=O)[O-]. The molecular formula is C7H5F2IN2O2. The van der Waals surface area contributed by atoms with Gasteiger partial charge in [-0.05, 0) is 35.6 Å². The van der Waals surface area contributed by atoms with Crippen LogP contribution in [0, 0.1) is 20.7 Å². The second kappa shape index (κ2) is 4.11. The third kappa shape index (κ3) is 2.14. The first kappa shape index (κ1) is 11.2. The average Bonchev–Trinajstić information content (AvgIpc) is 2.01. The van der Waals surface area contributed by atoms with Crippen LogP contribution < -0.4 is 0 Å². The van der Waals surface area contributed by atoms with Crippen LogP contribution in [0.1, 0.15) is 17.7 Å². The van der Waals surface area contributed by atoms with Crippen molar-refractivity contribution >= 4 is 28.3 Å². The predicted octanol–water partition coefficient (Wildman–Crippen LogP) is 2.84. The zero-order valence-electron chi connectivity index (χ0n) is 7.00. The average molecular weight is 314 g/mol. The summed E-state index contributed by atoms with van der Waals surface area (Å²) in [4.78, 5) is 13.3. The molecule has 0 radical (unpaired) electrons. The number of aromatic nitrogens is 1.